The lowest BCUT2D eigenvalue weighted by atomic mass is 10.0. The number of rotatable bonds is 7. The van der Waals surface area contributed by atoms with Gasteiger partial charge in [-0.1, -0.05) is 30.3 Å². The molecule has 1 N–H and O–H groups in total. The molecule has 144 valence electrons. The summed E-state index contributed by atoms with van der Waals surface area (Å²) in [5.74, 6) is -0.436. The Bertz CT molecular complexity index is 757. The lowest BCUT2D eigenvalue weighted by Crippen LogP contribution is -2.34. The fourth-order valence-corrected chi connectivity index (χ4v) is 3.30. The number of carbonyl (C=O) groups excluding carboxylic acids is 1. The predicted octanol–water partition coefficient (Wildman–Crippen LogP) is 3.72. The van der Waals surface area contributed by atoms with Crippen LogP contribution in [0.25, 0.3) is 11.1 Å². The smallest absolute Gasteiger partial charge is 0.251 e. The van der Waals surface area contributed by atoms with E-state index in [4.69, 9.17) is 4.74 Å². The van der Waals surface area contributed by atoms with Gasteiger partial charge in [-0.25, -0.2) is 4.39 Å². The van der Waals surface area contributed by atoms with Gasteiger partial charge >= 0.3 is 0 Å². The van der Waals surface area contributed by atoms with E-state index >= 15 is 0 Å². The number of hydrogen-bond acceptors (Lipinski definition) is 3. The van der Waals surface area contributed by atoms with E-state index in [1.165, 1.54) is 6.07 Å². The van der Waals surface area contributed by atoms with E-state index in [2.05, 4.69) is 17.3 Å². The molecular weight excluding hydrogens is 343 g/mol. The highest BCUT2D eigenvalue weighted by Gasteiger charge is 2.16. The zero-order valence-electron chi connectivity index (χ0n) is 15.8. The fourth-order valence-electron chi connectivity index (χ4n) is 3.30. The number of nitrogens with one attached hydrogen (secondary N) is 1. The van der Waals surface area contributed by atoms with Crippen LogP contribution in [0, 0.1) is 5.82 Å². The normalized spacial score (nSPS) is 15.6. The highest BCUT2D eigenvalue weighted by atomic mass is 19.1. The monoisotopic (exact) mass is 370 g/mol. The number of hydrogen-bond donors (Lipinski definition) is 1. The summed E-state index contributed by atoms with van der Waals surface area (Å²) in [6.45, 7) is 3.39. The predicted molar refractivity (Wildman–Crippen MR) is 105 cm³/mol. The minimum atomic E-state index is -0.291. The Hall–Kier alpha value is -2.24. The van der Waals surface area contributed by atoms with Gasteiger partial charge in [0.1, 0.15) is 5.82 Å². The van der Waals surface area contributed by atoms with Gasteiger partial charge in [0.05, 0.1) is 6.10 Å². The number of carbonyl (C=O) groups is 1. The third kappa shape index (κ3) is 5.62. The molecule has 1 aliphatic heterocycles. The molecule has 0 atom stereocenters. The Labute approximate surface area is 160 Å². The fraction of sp³-hybridized carbons (Fsp3) is 0.409. The number of halogens is 1. The zero-order valence-corrected chi connectivity index (χ0v) is 15.8. The number of likely N-dealkylation sites (tertiary alicyclic amines) is 1. The van der Waals surface area contributed by atoms with Crippen molar-refractivity contribution in [3.63, 3.8) is 0 Å². The average molecular weight is 370 g/mol. The standard InChI is InChI=1S/C22H27FN2O2/c1-25-13-10-19(11-14-25)27-15-5-12-24-22(26)18-7-4-6-17(16-18)20-8-2-3-9-21(20)23/h2-4,6-9,16,19H,5,10-15H2,1H3,(H,24,26). The Balaban J connectivity index is 1.45. The molecule has 0 radical (unpaired) electrons. The number of nitrogens with zero attached hydrogens (tertiary/aromatic N) is 1. The molecule has 1 heterocycles. The minimum absolute atomic E-state index is 0.146. The summed E-state index contributed by atoms with van der Waals surface area (Å²) in [6.07, 6.45) is 3.28. The van der Waals surface area contributed by atoms with Gasteiger partial charge in [-0.05, 0) is 50.1 Å². The maximum Gasteiger partial charge on any atom is 0.251 e. The maximum atomic E-state index is 14.0. The van der Waals surface area contributed by atoms with Crippen LogP contribution in [0.5, 0.6) is 0 Å². The lowest BCUT2D eigenvalue weighted by Gasteiger charge is -2.28. The maximum absolute atomic E-state index is 14.0. The van der Waals surface area contributed by atoms with Crippen molar-refractivity contribution < 1.29 is 13.9 Å². The Morgan fingerprint density at radius 2 is 1.96 bits per heavy atom. The second kappa shape index (κ2) is 9.62. The average Bonchev–Trinajstić information content (AvgIpc) is 2.69. The van der Waals surface area contributed by atoms with Crippen molar-refractivity contribution in [2.24, 2.45) is 0 Å². The molecule has 27 heavy (non-hydrogen) atoms. The minimum Gasteiger partial charge on any atom is -0.378 e. The molecule has 1 amide bonds. The quantitative estimate of drug-likeness (QED) is 0.755. The summed E-state index contributed by atoms with van der Waals surface area (Å²) in [4.78, 5) is 14.7. The number of piperidine rings is 1. The first-order chi connectivity index (χ1) is 13.1. The van der Waals surface area contributed by atoms with E-state index < -0.39 is 0 Å². The van der Waals surface area contributed by atoms with Crippen molar-refractivity contribution >= 4 is 5.91 Å². The van der Waals surface area contributed by atoms with Crippen molar-refractivity contribution in [1.29, 1.82) is 0 Å². The molecule has 0 unspecified atom stereocenters. The third-order valence-corrected chi connectivity index (χ3v) is 4.94. The Morgan fingerprint density at radius 3 is 2.74 bits per heavy atom. The molecule has 3 rings (SSSR count). The first kappa shape index (κ1) is 19.5. The van der Waals surface area contributed by atoms with Crippen LogP contribution in [0.3, 0.4) is 0 Å². The molecule has 0 saturated carbocycles. The zero-order chi connectivity index (χ0) is 19.1. The van der Waals surface area contributed by atoms with Crippen molar-refractivity contribution in [1.82, 2.24) is 10.2 Å². The van der Waals surface area contributed by atoms with Gasteiger partial charge in [-0.15, -0.1) is 0 Å². The number of ether oxygens (including phenoxy) is 1. The van der Waals surface area contributed by atoms with Gasteiger partial charge < -0.3 is 15.0 Å². The Kier molecular flexibility index (Phi) is 6.96. The van der Waals surface area contributed by atoms with Crippen LogP contribution in [0.4, 0.5) is 4.39 Å². The number of amides is 1. The highest BCUT2D eigenvalue weighted by molar-refractivity contribution is 5.95. The van der Waals surface area contributed by atoms with Crippen LogP contribution in [-0.2, 0) is 4.74 Å². The third-order valence-electron chi connectivity index (χ3n) is 4.94. The second-order valence-electron chi connectivity index (χ2n) is 7.04. The summed E-state index contributed by atoms with van der Waals surface area (Å²) in [5, 5.41) is 2.92. The first-order valence-electron chi connectivity index (χ1n) is 9.57. The summed E-state index contributed by atoms with van der Waals surface area (Å²) < 4.78 is 19.8. The summed E-state index contributed by atoms with van der Waals surface area (Å²) in [6, 6.07) is 13.6. The van der Waals surface area contributed by atoms with Gasteiger partial charge in [0, 0.05) is 37.4 Å². The van der Waals surface area contributed by atoms with Crippen LogP contribution >= 0.6 is 0 Å². The molecule has 1 fully saturated rings. The van der Waals surface area contributed by atoms with Crippen molar-refractivity contribution in [3.8, 4) is 11.1 Å². The molecule has 1 saturated heterocycles. The number of benzene rings is 2. The molecule has 5 heteroatoms. The highest BCUT2D eigenvalue weighted by Crippen LogP contribution is 2.23. The van der Waals surface area contributed by atoms with Gasteiger partial charge in [-0.2, -0.15) is 0 Å². The summed E-state index contributed by atoms with van der Waals surface area (Å²) >= 11 is 0. The molecule has 0 spiro atoms. The van der Waals surface area contributed by atoms with E-state index in [0.717, 1.165) is 32.4 Å². The second-order valence-corrected chi connectivity index (χ2v) is 7.04. The summed E-state index contributed by atoms with van der Waals surface area (Å²) in [5.41, 5.74) is 1.73. The van der Waals surface area contributed by atoms with Crippen LogP contribution in [-0.4, -0.2) is 50.2 Å². The molecule has 2 aromatic carbocycles. The topological polar surface area (TPSA) is 41.6 Å². The molecule has 2 aromatic rings. The Morgan fingerprint density at radius 1 is 1.19 bits per heavy atom. The van der Waals surface area contributed by atoms with E-state index in [0.29, 0.717) is 35.9 Å². The van der Waals surface area contributed by atoms with Crippen LogP contribution in [0.15, 0.2) is 48.5 Å². The SMILES string of the molecule is CN1CCC(OCCCNC(=O)c2cccc(-c3ccccc3F)c2)CC1. The van der Waals surface area contributed by atoms with E-state index in [-0.39, 0.29) is 11.7 Å². The van der Waals surface area contributed by atoms with E-state index in [1.54, 1.807) is 36.4 Å². The van der Waals surface area contributed by atoms with Gasteiger partial charge in [0.2, 0.25) is 0 Å². The molecule has 0 aromatic heterocycles. The van der Waals surface area contributed by atoms with Crippen LogP contribution in [0.1, 0.15) is 29.6 Å². The van der Waals surface area contributed by atoms with Crippen molar-refractivity contribution in [2.45, 2.75) is 25.4 Å². The van der Waals surface area contributed by atoms with Gasteiger partial charge in [0.15, 0.2) is 0 Å². The van der Waals surface area contributed by atoms with Crippen LogP contribution in [0.2, 0.25) is 0 Å². The summed E-state index contributed by atoms with van der Waals surface area (Å²) in [7, 11) is 2.13. The van der Waals surface area contributed by atoms with Gasteiger partial charge in [0.25, 0.3) is 5.91 Å². The van der Waals surface area contributed by atoms with Crippen LogP contribution < -0.4 is 5.32 Å². The first-order valence-corrected chi connectivity index (χ1v) is 9.57. The van der Waals surface area contributed by atoms with Crippen molar-refractivity contribution in [3.05, 3.63) is 59.9 Å². The molecule has 0 bridgehead atoms. The van der Waals surface area contributed by atoms with E-state index in [9.17, 15) is 9.18 Å². The molecule has 1 aliphatic rings. The van der Waals surface area contributed by atoms with Gasteiger partial charge in [-0.3, -0.25) is 4.79 Å². The molecular formula is C22H27FN2O2. The van der Waals surface area contributed by atoms with Crippen molar-refractivity contribution in [2.75, 3.05) is 33.3 Å². The lowest BCUT2D eigenvalue weighted by molar-refractivity contribution is 0.0117. The molecule has 0 aliphatic carbocycles. The molecule has 4 nitrogen and oxygen atoms in total. The largest absolute Gasteiger partial charge is 0.378 e. The van der Waals surface area contributed by atoms with E-state index in [1.807, 2.05) is 6.07 Å².